The van der Waals surface area contributed by atoms with Gasteiger partial charge in [0.2, 0.25) is 0 Å². The van der Waals surface area contributed by atoms with Crippen LogP contribution in [-0.4, -0.2) is 11.0 Å². The Labute approximate surface area is 79.9 Å². The molecule has 0 fully saturated rings. The van der Waals surface area contributed by atoms with Gasteiger partial charge in [-0.05, 0) is 6.07 Å². The minimum absolute atomic E-state index is 0.617. The number of ether oxygens (including phenoxy) is 1. The first kappa shape index (κ1) is 7.40. The molecule has 0 amide bonds. The molecule has 0 radical (unpaired) electrons. The van der Waals surface area contributed by atoms with Gasteiger partial charge in [0, 0.05) is 15.9 Å². The number of fused-ring (bicyclic) bond motifs is 1. The lowest BCUT2D eigenvalue weighted by atomic mass is 10.0. The zero-order valence-electron chi connectivity index (χ0n) is 6.09. The van der Waals surface area contributed by atoms with Gasteiger partial charge in [0.25, 0.3) is 0 Å². The Morgan fingerprint density at radius 3 is 3.09 bits per heavy atom. The van der Waals surface area contributed by atoms with E-state index in [-0.39, 0.29) is 0 Å². The zero-order chi connectivity index (χ0) is 7.68. The molecule has 58 valence electrons. The van der Waals surface area contributed by atoms with Crippen molar-refractivity contribution < 1.29 is 4.74 Å². The fourth-order valence-corrected chi connectivity index (χ4v) is 2.09. The van der Waals surface area contributed by atoms with Crippen LogP contribution in [0.25, 0.3) is 0 Å². The van der Waals surface area contributed by atoms with Crippen LogP contribution in [0.1, 0.15) is 11.5 Å². The first-order chi connectivity index (χ1) is 5.42. The van der Waals surface area contributed by atoms with Crippen LogP contribution in [0.2, 0.25) is 0 Å². The summed E-state index contributed by atoms with van der Waals surface area (Å²) in [5.74, 6) is 1.70. The summed E-state index contributed by atoms with van der Waals surface area (Å²) in [6.07, 6.45) is 0. The van der Waals surface area contributed by atoms with E-state index >= 15 is 0 Å². The molecule has 1 unspecified atom stereocenters. The lowest BCUT2D eigenvalue weighted by Gasteiger charge is -2.00. The predicted octanol–water partition coefficient (Wildman–Crippen LogP) is 2.60. The van der Waals surface area contributed by atoms with Crippen molar-refractivity contribution in [2.45, 2.75) is 5.92 Å². The summed E-state index contributed by atoms with van der Waals surface area (Å²) in [5.41, 5.74) is 1.38. The number of hydrogen-bond donors (Lipinski definition) is 0. The minimum Gasteiger partial charge on any atom is -0.493 e. The molecule has 2 heteroatoms. The van der Waals surface area contributed by atoms with Crippen LogP contribution in [-0.2, 0) is 0 Å². The highest BCUT2D eigenvalue weighted by atomic mass is 127. The van der Waals surface area contributed by atoms with Gasteiger partial charge in [-0.25, -0.2) is 0 Å². The molecule has 1 aliphatic rings. The van der Waals surface area contributed by atoms with Crippen molar-refractivity contribution in [1.29, 1.82) is 0 Å². The van der Waals surface area contributed by atoms with E-state index in [1.165, 1.54) is 5.56 Å². The van der Waals surface area contributed by atoms with E-state index in [1.807, 2.05) is 12.1 Å². The summed E-state index contributed by atoms with van der Waals surface area (Å²) in [7, 11) is 0. The second kappa shape index (κ2) is 3.01. The maximum absolute atomic E-state index is 5.50. The van der Waals surface area contributed by atoms with Crippen molar-refractivity contribution in [2.24, 2.45) is 0 Å². The van der Waals surface area contributed by atoms with Crippen LogP contribution in [0, 0.1) is 0 Å². The molecule has 0 aliphatic carbocycles. The summed E-state index contributed by atoms with van der Waals surface area (Å²) >= 11 is 2.41. The molecular formula is C9H9IO. The Morgan fingerprint density at radius 2 is 2.27 bits per heavy atom. The Balaban J connectivity index is 2.39. The van der Waals surface area contributed by atoms with E-state index in [0.717, 1.165) is 16.8 Å². The second-order valence-corrected chi connectivity index (χ2v) is 3.58. The summed E-state index contributed by atoms with van der Waals surface area (Å²) in [4.78, 5) is 0. The smallest absolute Gasteiger partial charge is 0.122 e. The largest absolute Gasteiger partial charge is 0.493 e. The molecule has 0 aromatic heterocycles. The first-order valence-corrected chi connectivity index (χ1v) is 5.22. The molecule has 0 saturated carbocycles. The second-order valence-electron chi connectivity index (χ2n) is 2.70. The topological polar surface area (TPSA) is 9.23 Å². The van der Waals surface area contributed by atoms with Crippen LogP contribution < -0.4 is 4.74 Å². The number of para-hydroxylation sites is 1. The Morgan fingerprint density at radius 1 is 1.45 bits per heavy atom. The highest BCUT2D eigenvalue weighted by Gasteiger charge is 2.21. The molecule has 1 aromatic carbocycles. The van der Waals surface area contributed by atoms with Gasteiger partial charge in [0.1, 0.15) is 5.75 Å². The van der Waals surface area contributed by atoms with Crippen molar-refractivity contribution in [3.05, 3.63) is 29.8 Å². The van der Waals surface area contributed by atoms with Gasteiger partial charge >= 0.3 is 0 Å². The number of rotatable bonds is 1. The molecule has 1 nitrogen and oxygen atoms in total. The highest BCUT2D eigenvalue weighted by molar-refractivity contribution is 14.1. The molecule has 0 bridgehead atoms. The molecule has 1 aliphatic heterocycles. The minimum atomic E-state index is 0.617. The van der Waals surface area contributed by atoms with Crippen molar-refractivity contribution in [3.8, 4) is 5.75 Å². The van der Waals surface area contributed by atoms with Crippen LogP contribution in [0.4, 0.5) is 0 Å². The molecule has 1 heterocycles. The average molecular weight is 260 g/mol. The lowest BCUT2D eigenvalue weighted by molar-refractivity contribution is 0.339. The molecule has 1 aromatic rings. The maximum Gasteiger partial charge on any atom is 0.122 e. The van der Waals surface area contributed by atoms with E-state index in [4.69, 9.17) is 4.74 Å². The molecule has 1 atom stereocenters. The van der Waals surface area contributed by atoms with E-state index in [2.05, 4.69) is 34.7 Å². The summed E-state index contributed by atoms with van der Waals surface area (Å²) < 4.78 is 6.64. The molecule has 2 rings (SSSR count). The third-order valence-electron chi connectivity index (χ3n) is 1.99. The van der Waals surface area contributed by atoms with Crippen LogP contribution in [0.3, 0.4) is 0 Å². The molecule has 11 heavy (non-hydrogen) atoms. The predicted molar refractivity (Wildman–Crippen MR) is 53.6 cm³/mol. The van der Waals surface area contributed by atoms with Gasteiger partial charge in [-0.1, -0.05) is 40.8 Å². The van der Waals surface area contributed by atoms with Crippen molar-refractivity contribution in [3.63, 3.8) is 0 Å². The maximum atomic E-state index is 5.50. The van der Waals surface area contributed by atoms with Crippen LogP contribution in [0.5, 0.6) is 5.75 Å². The quantitative estimate of drug-likeness (QED) is 0.557. The summed E-state index contributed by atoms with van der Waals surface area (Å²) in [5, 5.41) is 0. The monoisotopic (exact) mass is 260 g/mol. The lowest BCUT2D eigenvalue weighted by Crippen LogP contribution is -2.00. The summed E-state index contributed by atoms with van der Waals surface area (Å²) in [6.45, 7) is 0.863. The molecule has 0 spiro atoms. The Kier molecular flexibility index (Phi) is 2.02. The fraction of sp³-hybridized carbons (Fsp3) is 0.333. The summed E-state index contributed by atoms with van der Waals surface area (Å²) in [6, 6.07) is 8.30. The Bertz CT molecular complexity index is 259. The zero-order valence-corrected chi connectivity index (χ0v) is 8.24. The van der Waals surface area contributed by atoms with Gasteiger partial charge in [0.05, 0.1) is 6.61 Å². The van der Waals surface area contributed by atoms with Gasteiger partial charge in [0.15, 0.2) is 0 Å². The van der Waals surface area contributed by atoms with E-state index in [9.17, 15) is 0 Å². The van der Waals surface area contributed by atoms with E-state index < -0.39 is 0 Å². The molecular weight excluding hydrogens is 251 g/mol. The highest BCUT2D eigenvalue weighted by Crippen LogP contribution is 2.34. The standard InChI is InChI=1S/C9H9IO/c10-5-7-6-11-9-4-2-1-3-8(7)9/h1-4,7H,5-6H2. The number of benzene rings is 1. The van der Waals surface area contributed by atoms with E-state index in [1.54, 1.807) is 0 Å². The SMILES string of the molecule is ICC1COc2ccccc21. The molecule has 0 saturated heterocycles. The first-order valence-electron chi connectivity index (χ1n) is 3.69. The number of alkyl halides is 1. The number of hydrogen-bond acceptors (Lipinski definition) is 1. The third-order valence-corrected chi connectivity index (χ3v) is 3.05. The molecule has 0 N–H and O–H groups in total. The van der Waals surface area contributed by atoms with Gasteiger partial charge in [-0.3, -0.25) is 0 Å². The van der Waals surface area contributed by atoms with Crippen molar-refractivity contribution in [1.82, 2.24) is 0 Å². The van der Waals surface area contributed by atoms with Gasteiger partial charge in [-0.2, -0.15) is 0 Å². The van der Waals surface area contributed by atoms with Crippen molar-refractivity contribution >= 4 is 22.6 Å². The van der Waals surface area contributed by atoms with Crippen molar-refractivity contribution in [2.75, 3.05) is 11.0 Å². The normalized spacial score (nSPS) is 21.0. The number of halogens is 1. The Hall–Kier alpha value is -0.250. The third kappa shape index (κ3) is 1.24. The fourth-order valence-electron chi connectivity index (χ4n) is 1.36. The van der Waals surface area contributed by atoms with Gasteiger partial charge < -0.3 is 4.74 Å². The van der Waals surface area contributed by atoms with Gasteiger partial charge in [-0.15, -0.1) is 0 Å². The van der Waals surface area contributed by atoms with Crippen LogP contribution >= 0.6 is 22.6 Å². The average Bonchev–Trinajstić information content (AvgIpc) is 2.47. The van der Waals surface area contributed by atoms with Crippen LogP contribution in [0.15, 0.2) is 24.3 Å². The van der Waals surface area contributed by atoms with E-state index in [0.29, 0.717) is 5.92 Å².